The van der Waals surface area contributed by atoms with E-state index < -0.39 is 0 Å². The molecule has 0 atom stereocenters. The molecule has 0 fully saturated rings. The molecule has 0 aliphatic rings. The Labute approximate surface area is 94.3 Å². The molecule has 0 amide bonds. The van der Waals surface area contributed by atoms with Crippen molar-refractivity contribution in [3.8, 4) is 0 Å². The summed E-state index contributed by atoms with van der Waals surface area (Å²) in [4.78, 5) is 3.19. The summed E-state index contributed by atoms with van der Waals surface area (Å²) in [6, 6.07) is 3.91. The minimum Gasteiger partial charge on any atom is -0.343 e. The third kappa shape index (κ3) is 2.20. The molecule has 0 bridgehead atoms. The molecular formula is C7H7ClN4S2. The highest BCUT2D eigenvalue weighted by atomic mass is 35.5. The fraction of sp³-hybridized carbons (Fsp3) is 0.286. The van der Waals surface area contributed by atoms with Crippen molar-refractivity contribution in [1.29, 1.82) is 0 Å². The van der Waals surface area contributed by atoms with Gasteiger partial charge in [-0.15, -0.1) is 11.3 Å². The van der Waals surface area contributed by atoms with Crippen molar-refractivity contribution < 1.29 is 0 Å². The zero-order valence-electron chi connectivity index (χ0n) is 7.35. The normalized spacial score (nSPS) is 10.4. The molecule has 7 heteroatoms. The molecular weight excluding hydrogens is 240 g/mol. The predicted octanol–water partition coefficient (Wildman–Crippen LogP) is 2.28. The van der Waals surface area contributed by atoms with E-state index in [-0.39, 0.29) is 0 Å². The van der Waals surface area contributed by atoms with E-state index in [0.717, 1.165) is 16.0 Å². The van der Waals surface area contributed by atoms with Gasteiger partial charge in [0.2, 0.25) is 5.13 Å². The number of rotatable bonds is 3. The Balaban J connectivity index is 2.05. The first-order valence-corrected chi connectivity index (χ1v) is 5.83. The first kappa shape index (κ1) is 9.82. The minimum absolute atomic E-state index is 0.786. The van der Waals surface area contributed by atoms with Crippen molar-refractivity contribution in [3.05, 3.63) is 21.3 Å². The Morgan fingerprint density at radius 2 is 2.36 bits per heavy atom. The van der Waals surface area contributed by atoms with Gasteiger partial charge in [0.25, 0.3) is 0 Å². The number of hydrogen-bond acceptors (Lipinski definition) is 6. The monoisotopic (exact) mass is 246 g/mol. The lowest BCUT2D eigenvalue weighted by Crippen LogP contribution is -2.15. The van der Waals surface area contributed by atoms with Gasteiger partial charge in [0.05, 0.1) is 10.9 Å². The summed E-state index contributed by atoms with van der Waals surface area (Å²) >= 11 is 8.69. The number of nitrogens with zero attached hydrogens (tertiary/aromatic N) is 4. The van der Waals surface area contributed by atoms with Crippen LogP contribution in [0.25, 0.3) is 0 Å². The molecule has 0 aliphatic carbocycles. The summed E-state index contributed by atoms with van der Waals surface area (Å²) in [5.41, 5.74) is 0. The fourth-order valence-corrected chi connectivity index (χ4v) is 2.58. The summed E-state index contributed by atoms with van der Waals surface area (Å²) in [5.74, 6) is 0. The smallest absolute Gasteiger partial charge is 0.227 e. The van der Waals surface area contributed by atoms with E-state index in [1.807, 2.05) is 24.1 Å². The van der Waals surface area contributed by atoms with Crippen LogP contribution >= 0.6 is 34.5 Å². The maximum absolute atomic E-state index is 5.83. The number of anilines is 1. The number of halogens is 1. The molecule has 0 radical (unpaired) electrons. The van der Waals surface area contributed by atoms with Gasteiger partial charge in [-0.2, -0.15) is 0 Å². The van der Waals surface area contributed by atoms with E-state index in [4.69, 9.17) is 11.6 Å². The molecule has 0 aliphatic heterocycles. The fourth-order valence-electron chi connectivity index (χ4n) is 1.01. The van der Waals surface area contributed by atoms with Gasteiger partial charge in [-0.3, -0.25) is 0 Å². The van der Waals surface area contributed by atoms with Gasteiger partial charge in [0.1, 0.15) is 0 Å². The molecule has 0 saturated heterocycles. The topological polar surface area (TPSA) is 41.9 Å². The molecule has 2 aromatic heterocycles. The molecule has 14 heavy (non-hydrogen) atoms. The van der Waals surface area contributed by atoms with Crippen LogP contribution in [0.4, 0.5) is 5.13 Å². The number of aromatic nitrogens is 3. The van der Waals surface area contributed by atoms with Crippen LogP contribution in [0.5, 0.6) is 0 Å². The van der Waals surface area contributed by atoms with Crippen LogP contribution in [0.3, 0.4) is 0 Å². The Kier molecular flexibility index (Phi) is 2.95. The van der Waals surface area contributed by atoms with E-state index in [2.05, 4.69) is 14.8 Å². The van der Waals surface area contributed by atoms with E-state index in [1.54, 1.807) is 11.3 Å². The summed E-state index contributed by atoms with van der Waals surface area (Å²) in [6.45, 7) is 0.786. The van der Waals surface area contributed by atoms with Gasteiger partial charge in [-0.1, -0.05) is 21.2 Å². The Bertz CT molecular complexity index is 399. The zero-order chi connectivity index (χ0) is 9.97. The molecule has 0 saturated carbocycles. The Morgan fingerprint density at radius 3 is 2.93 bits per heavy atom. The Hall–Kier alpha value is -0.720. The molecule has 2 heterocycles. The second kappa shape index (κ2) is 4.20. The van der Waals surface area contributed by atoms with Gasteiger partial charge in [-0.25, -0.2) is 0 Å². The zero-order valence-corrected chi connectivity index (χ0v) is 9.73. The van der Waals surface area contributed by atoms with Crippen LogP contribution in [-0.4, -0.2) is 21.8 Å². The highest BCUT2D eigenvalue weighted by molar-refractivity contribution is 7.16. The lowest BCUT2D eigenvalue weighted by Gasteiger charge is -2.12. The lowest BCUT2D eigenvalue weighted by molar-refractivity contribution is 0.882. The summed E-state index contributed by atoms with van der Waals surface area (Å²) in [5, 5.41) is 8.23. The molecule has 0 spiro atoms. The predicted molar refractivity (Wildman–Crippen MR) is 59.1 cm³/mol. The highest BCUT2D eigenvalue weighted by Gasteiger charge is 2.07. The van der Waals surface area contributed by atoms with E-state index in [0.29, 0.717) is 0 Å². The minimum atomic E-state index is 0.786. The van der Waals surface area contributed by atoms with Gasteiger partial charge in [0.15, 0.2) is 0 Å². The van der Waals surface area contributed by atoms with E-state index in [1.165, 1.54) is 16.4 Å². The molecule has 0 N–H and O–H groups in total. The van der Waals surface area contributed by atoms with Crippen LogP contribution in [-0.2, 0) is 6.54 Å². The molecule has 2 rings (SSSR count). The van der Waals surface area contributed by atoms with E-state index >= 15 is 0 Å². The standard InChI is InChI=1S/C7H7ClN4S2/c1-12(7-9-10-11-14-7)4-5-2-3-6(8)13-5/h2-3H,4H2,1H3. The third-order valence-electron chi connectivity index (χ3n) is 1.64. The lowest BCUT2D eigenvalue weighted by atomic mass is 10.4. The maximum Gasteiger partial charge on any atom is 0.227 e. The second-order valence-corrected chi connectivity index (χ2v) is 5.22. The summed E-state index contributed by atoms with van der Waals surface area (Å²) in [6.07, 6.45) is 0. The van der Waals surface area contributed by atoms with Crippen molar-refractivity contribution in [1.82, 2.24) is 14.8 Å². The second-order valence-electron chi connectivity index (χ2n) is 2.71. The molecule has 0 unspecified atom stereocenters. The SMILES string of the molecule is CN(Cc1ccc(Cl)s1)c1nnns1. The first-order chi connectivity index (χ1) is 6.75. The highest BCUT2D eigenvalue weighted by Crippen LogP contribution is 2.24. The van der Waals surface area contributed by atoms with Crippen molar-refractivity contribution in [2.24, 2.45) is 0 Å². The molecule has 74 valence electrons. The quantitative estimate of drug-likeness (QED) is 0.833. The van der Waals surface area contributed by atoms with Crippen LogP contribution in [0.2, 0.25) is 4.34 Å². The van der Waals surface area contributed by atoms with Crippen LogP contribution in [0, 0.1) is 0 Å². The Morgan fingerprint density at radius 1 is 1.50 bits per heavy atom. The van der Waals surface area contributed by atoms with Crippen molar-refractivity contribution in [2.75, 3.05) is 11.9 Å². The maximum atomic E-state index is 5.83. The van der Waals surface area contributed by atoms with Crippen molar-refractivity contribution in [2.45, 2.75) is 6.54 Å². The third-order valence-corrected chi connectivity index (χ3v) is 3.56. The van der Waals surface area contributed by atoms with Crippen LogP contribution in [0.1, 0.15) is 4.88 Å². The largest absolute Gasteiger partial charge is 0.343 e. The number of thiophene rings is 1. The van der Waals surface area contributed by atoms with Gasteiger partial charge >= 0.3 is 0 Å². The van der Waals surface area contributed by atoms with Crippen LogP contribution < -0.4 is 4.90 Å². The average molecular weight is 247 g/mol. The van der Waals surface area contributed by atoms with Crippen LogP contribution in [0.15, 0.2) is 12.1 Å². The summed E-state index contributed by atoms with van der Waals surface area (Å²) in [7, 11) is 1.95. The van der Waals surface area contributed by atoms with Gasteiger partial charge < -0.3 is 4.90 Å². The van der Waals surface area contributed by atoms with Crippen molar-refractivity contribution >= 4 is 39.6 Å². The average Bonchev–Trinajstić information content (AvgIpc) is 2.75. The molecule has 4 nitrogen and oxygen atoms in total. The molecule has 0 aromatic carbocycles. The molecule has 2 aromatic rings. The number of hydrogen-bond donors (Lipinski definition) is 0. The first-order valence-electron chi connectivity index (χ1n) is 3.86. The summed E-state index contributed by atoms with van der Waals surface area (Å²) < 4.78 is 4.52. The van der Waals surface area contributed by atoms with Gasteiger partial charge in [-0.05, 0) is 17.3 Å². The van der Waals surface area contributed by atoms with Gasteiger partial charge in [0, 0.05) is 23.5 Å². The van der Waals surface area contributed by atoms with E-state index in [9.17, 15) is 0 Å². The van der Waals surface area contributed by atoms with Crippen molar-refractivity contribution in [3.63, 3.8) is 0 Å².